The number of nitrogens with one attached hydrogen (secondary N) is 1. The first-order valence-electron chi connectivity index (χ1n) is 11.2. The number of unbranched alkanes of at least 4 members (excludes halogenated alkanes) is 1. The molecule has 0 aliphatic rings. The van der Waals surface area contributed by atoms with Gasteiger partial charge in [0.05, 0.1) is 24.0 Å². The lowest BCUT2D eigenvalue weighted by Crippen LogP contribution is -2.20. The summed E-state index contributed by atoms with van der Waals surface area (Å²) in [6.07, 6.45) is 3.94. The average Bonchev–Trinajstić information content (AvgIpc) is 2.85. The van der Waals surface area contributed by atoms with Crippen LogP contribution in [0.15, 0.2) is 95.0 Å². The van der Waals surface area contributed by atoms with E-state index in [0.717, 1.165) is 53.0 Å². The number of para-hydroxylation sites is 1. The molecule has 0 saturated heterocycles. The number of amidine groups is 1. The van der Waals surface area contributed by atoms with E-state index in [9.17, 15) is 0 Å². The maximum Gasteiger partial charge on any atom is 0.173 e. The van der Waals surface area contributed by atoms with Crippen LogP contribution in [0, 0.1) is 6.92 Å². The Kier molecular flexibility index (Phi) is 7.44. The lowest BCUT2D eigenvalue weighted by Gasteiger charge is -2.08. The third-order valence-electron chi connectivity index (χ3n) is 5.15. The van der Waals surface area contributed by atoms with E-state index in [1.54, 1.807) is 6.21 Å². The van der Waals surface area contributed by atoms with Crippen LogP contribution in [0.1, 0.15) is 36.6 Å². The Balaban J connectivity index is 1.55. The highest BCUT2D eigenvalue weighted by molar-refractivity contribution is 6.00. The van der Waals surface area contributed by atoms with E-state index in [1.165, 1.54) is 5.56 Å². The lowest BCUT2D eigenvalue weighted by molar-refractivity contribution is 0.309. The predicted molar refractivity (Wildman–Crippen MR) is 137 cm³/mol. The summed E-state index contributed by atoms with van der Waals surface area (Å²) in [4.78, 5) is 9.55. The van der Waals surface area contributed by atoms with Crippen molar-refractivity contribution in [2.45, 2.75) is 26.7 Å². The molecule has 0 saturated carbocycles. The average molecular weight is 437 g/mol. The van der Waals surface area contributed by atoms with Gasteiger partial charge in [-0.3, -0.25) is 5.43 Å². The first kappa shape index (κ1) is 22.2. The number of ether oxygens (including phenoxy) is 1. The van der Waals surface area contributed by atoms with Gasteiger partial charge in [-0.1, -0.05) is 55.3 Å². The zero-order valence-electron chi connectivity index (χ0n) is 19.0. The van der Waals surface area contributed by atoms with Gasteiger partial charge in [0.2, 0.25) is 0 Å². The number of hydrazone groups is 1. The number of hydrogen-bond donors (Lipinski definition) is 1. The van der Waals surface area contributed by atoms with Crippen LogP contribution < -0.4 is 10.2 Å². The number of aliphatic imine (C=N–C) groups is 1. The fraction of sp³-hybridized carbons (Fsp3) is 0.179. The van der Waals surface area contributed by atoms with E-state index in [-0.39, 0.29) is 0 Å². The maximum absolute atomic E-state index is 5.72. The van der Waals surface area contributed by atoms with E-state index in [1.807, 2.05) is 84.9 Å². The molecule has 5 nitrogen and oxygen atoms in total. The van der Waals surface area contributed by atoms with Gasteiger partial charge < -0.3 is 4.74 Å². The summed E-state index contributed by atoms with van der Waals surface area (Å²) < 4.78 is 5.72. The quantitative estimate of drug-likeness (QED) is 0.150. The van der Waals surface area contributed by atoms with Crippen LogP contribution >= 0.6 is 0 Å². The second-order valence-electron chi connectivity index (χ2n) is 7.83. The predicted octanol–water partition coefficient (Wildman–Crippen LogP) is 6.42. The molecule has 0 bridgehead atoms. The fourth-order valence-electron chi connectivity index (χ4n) is 3.24. The molecule has 1 aromatic heterocycles. The van der Waals surface area contributed by atoms with Crippen molar-refractivity contribution in [2.24, 2.45) is 10.1 Å². The van der Waals surface area contributed by atoms with Gasteiger partial charge in [0.1, 0.15) is 11.4 Å². The van der Waals surface area contributed by atoms with Crippen molar-refractivity contribution in [3.8, 4) is 5.75 Å². The molecule has 0 amide bonds. The van der Waals surface area contributed by atoms with Gasteiger partial charge in [-0.2, -0.15) is 5.10 Å². The Hall–Kier alpha value is -3.99. The Morgan fingerprint density at radius 3 is 2.52 bits per heavy atom. The number of aryl methyl sites for hydroxylation is 1. The summed E-state index contributed by atoms with van der Waals surface area (Å²) in [5, 5.41) is 5.51. The second-order valence-corrected chi connectivity index (χ2v) is 7.83. The van der Waals surface area contributed by atoms with Crippen LogP contribution in [0.2, 0.25) is 0 Å². The topological polar surface area (TPSA) is 58.9 Å². The number of rotatable bonds is 8. The number of aromatic nitrogens is 1. The van der Waals surface area contributed by atoms with Crippen molar-refractivity contribution < 1.29 is 4.74 Å². The van der Waals surface area contributed by atoms with Crippen LogP contribution in [0.4, 0.5) is 5.69 Å². The van der Waals surface area contributed by atoms with Gasteiger partial charge in [-0.25, -0.2) is 9.98 Å². The van der Waals surface area contributed by atoms with Gasteiger partial charge in [-0.05, 0) is 67.4 Å². The molecule has 1 N–H and O–H groups in total. The third kappa shape index (κ3) is 6.26. The smallest absolute Gasteiger partial charge is 0.173 e. The fourth-order valence-corrected chi connectivity index (χ4v) is 3.24. The Morgan fingerprint density at radius 1 is 0.939 bits per heavy atom. The van der Waals surface area contributed by atoms with Crippen molar-refractivity contribution in [2.75, 3.05) is 6.61 Å². The highest BCUT2D eigenvalue weighted by atomic mass is 16.5. The van der Waals surface area contributed by atoms with Crippen LogP contribution in [-0.4, -0.2) is 23.6 Å². The molecular formula is C28H28N4O. The molecule has 3 aromatic carbocycles. The van der Waals surface area contributed by atoms with Crippen LogP contribution in [0.25, 0.3) is 10.9 Å². The number of nitrogens with zero attached hydrogens (tertiary/aromatic N) is 3. The zero-order chi connectivity index (χ0) is 22.9. The van der Waals surface area contributed by atoms with Crippen molar-refractivity contribution in [3.63, 3.8) is 0 Å². The van der Waals surface area contributed by atoms with E-state index >= 15 is 0 Å². The molecule has 4 aromatic rings. The normalized spacial score (nSPS) is 11.8. The van der Waals surface area contributed by atoms with Gasteiger partial charge in [0, 0.05) is 5.39 Å². The minimum Gasteiger partial charge on any atom is -0.494 e. The van der Waals surface area contributed by atoms with Crippen molar-refractivity contribution in [1.82, 2.24) is 10.4 Å². The van der Waals surface area contributed by atoms with Crippen LogP contribution in [0.5, 0.6) is 5.75 Å². The summed E-state index contributed by atoms with van der Waals surface area (Å²) in [6.45, 7) is 4.95. The zero-order valence-corrected chi connectivity index (χ0v) is 19.0. The maximum atomic E-state index is 5.72. The van der Waals surface area contributed by atoms with Gasteiger partial charge >= 0.3 is 0 Å². The van der Waals surface area contributed by atoms with Crippen molar-refractivity contribution in [1.29, 1.82) is 0 Å². The monoisotopic (exact) mass is 436 g/mol. The molecule has 0 aliphatic heterocycles. The van der Waals surface area contributed by atoms with E-state index in [2.05, 4.69) is 24.4 Å². The Labute approximate surface area is 194 Å². The largest absolute Gasteiger partial charge is 0.494 e. The van der Waals surface area contributed by atoms with E-state index in [4.69, 9.17) is 14.7 Å². The molecule has 0 radical (unpaired) electrons. The molecule has 4 rings (SSSR count). The van der Waals surface area contributed by atoms with E-state index < -0.39 is 0 Å². The molecule has 166 valence electrons. The highest BCUT2D eigenvalue weighted by Gasteiger charge is 2.07. The Bertz CT molecular complexity index is 1250. The first-order valence-corrected chi connectivity index (χ1v) is 11.2. The molecule has 33 heavy (non-hydrogen) atoms. The number of fused-ring (bicyclic) bond motifs is 1. The summed E-state index contributed by atoms with van der Waals surface area (Å²) >= 11 is 0. The lowest BCUT2D eigenvalue weighted by atomic mass is 10.2. The minimum absolute atomic E-state index is 0.584. The summed E-state index contributed by atoms with van der Waals surface area (Å²) in [7, 11) is 0. The third-order valence-corrected chi connectivity index (χ3v) is 5.15. The molecule has 0 fully saturated rings. The van der Waals surface area contributed by atoms with Crippen LogP contribution in [-0.2, 0) is 0 Å². The summed E-state index contributed by atoms with van der Waals surface area (Å²) in [5.74, 6) is 1.45. The second kappa shape index (κ2) is 11.0. The molecule has 5 heteroatoms. The SMILES string of the molecule is CCCCOc1ccc(C=NNC(=Nc2ccc(C)cc2)c2ccc3ccccc3n2)cc1. The van der Waals surface area contributed by atoms with Crippen LogP contribution in [0.3, 0.4) is 0 Å². The highest BCUT2D eigenvalue weighted by Crippen LogP contribution is 2.17. The van der Waals surface area contributed by atoms with Crippen molar-refractivity contribution >= 4 is 28.6 Å². The van der Waals surface area contributed by atoms with Gasteiger partial charge in [-0.15, -0.1) is 0 Å². The first-order chi connectivity index (χ1) is 16.2. The minimum atomic E-state index is 0.584. The molecule has 0 aliphatic carbocycles. The summed E-state index contributed by atoms with van der Waals surface area (Å²) in [5.41, 5.74) is 7.72. The number of pyridine rings is 1. The Morgan fingerprint density at radius 2 is 1.73 bits per heavy atom. The number of benzene rings is 3. The van der Waals surface area contributed by atoms with Gasteiger partial charge in [0.15, 0.2) is 5.84 Å². The molecular weight excluding hydrogens is 408 g/mol. The van der Waals surface area contributed by atoms with Crippen molar-refractivity contribution in [3.05, 3.63) is 102 Å². The number of hydrogen-bond acceptors (Lipinski definition) is 4. The summed E-state index contributed by atoms with van der Waals surface area (Å²) in [6, 6.07) is 28.0. The molecule has 0 spiro atoms. The standard InChI is InChI=1S/C28H28N4O/c1-3-4-19-33-25-16-11-22(12-17-25)20-29-32-28(30-24-14-9-21(2)10-15-24)27-18-13-23-7-5-6-8-26(23)31-27/h5-18,20H,3-4,19H2,1-2H3,(H,30,32). The van der Waals surface area contributed by atoms with E-state index in [0.29, 0.717) is 5.84 Å². The van der Waals surface area contributed by atoms with Gasteiger partial charge in [0.25, 0.3) is 0 Å². The molecule has 1 heterocycles. The molecule has 0 unspecified atom stereocenters. The molecule has 0 atom stereocenters.